The first-order valence-electron chi connectivity index (χ1n) is 9.70. The number of carbonyl (C=O) groups excluding carboxylic acids is 1. The van der Waals surface area contributed by atoms with Gasteiger partial charge in [0.15, 0.2) is 0 Å². The van der Waals surface area contributed by atoms with Crippen LogP contribution in [0.3, 0.4) is 0 Å². The average Bonchev–Trinajstić information content (AvgIpc) is 3.17. The predicted octanol–water partition coefficient (Wildman–Crippen LogP) is 5.17. The van der Waals surface area contributed by atoms with Crippen molar-refractivity contribution in [1.29, 1.82) is 0 Å². The van der Waals surface area contributed by atoms with E-state index in [1.165, 1.54) is 16.9 Å². The molecule has 9 heteroatoms. The summed E-state index contributed by atoms with van der Waals surface area (Å²) < 4.78 is 0. The Hall–Kier alpha value is -2.19. The fourth-order valence-electron chi connectivity index (χ4n) is 3.46. The van der Waals surface area contributed by atoms with Gasteiger partial charge in [0.2, 0.25) is 10.3 Å². The number of hydrogen-bond donors (Lipinski definition) is 2. The Morgan fingerprint density at radius 3 is 2.37 bits per heavy atom. The van der Waals surface area contributed by atoms with Gasteiger partial charge >= 0.3 is 0 Å². The molecule has 0 radical (unpaired) electrons. The number of piperidine rings is 1. The lowest BCUT2D eigenvalue weighted by Gasteiger charge is -2.32. The van der Waals surface area contributed by atoms with Crippen LogP contribution in [-0.4, -0.2) is 40.1 Å². The van der Waals surface area contributed by atoms with Gasteiger partial charge in [-0.15, -0.1) is 10.2 Å². The fraction of sp³-hybridized carbons (Fsp3) is 0.286. The van der Waals surface area contributed by atoms with Crippen molar-refractivity contribution in [2.75, 3.05) is 23.7 Å². The molecule has 1 saturated heterocycles. The summed E-state index contributed by atoms with van der Waals surface area (Å²) in [4.78, 5) is 14.9. The second kappa shape index (κ2) is 9.75. The monoisotopic (exact) mass is 461 g/mol. The third kappa shape index (κ3) is 5.29. The minimum absolute atomic E-state index is 0.233. The van der Waals surface area contributed by atoms with Crippen molar-refractivity contribution in [2.24, 2.45) is 0 Å². The van der Waals surface area contributed by atoms with Gasteiger partial charge in [0, 0.05) is 25.7 Å². The third-order valence-corrected chi connectivity index (χ3v) is 6.40. The number of carbonyl (C=O) groups is 1. The molecule has 6 nitrogen and oxygen atoms in total. The molecule has 0 unspecified atom stereocenters. The summed E-state index contributed by atoms with van der Waals surface area (Å²) in [5.74, 6) is -0.400. The summed E-state index contributed by atoms with van der Waals surface area (Å²) in [5, 5.41) is 16.1. The molecule has 4 rings (SSSR count). The van der Waals surface area contributed by atoms with E-state index in [1.807, 2.05) is 6.07 Å². The number of likely N-dealkylation sites (tertiary alicyclic amines) is 1. The summed E-state index contributed by atoms with van der Waals surface area (Å²) in [6.45, 7) is 3.03. The summed E-state index contributed by atoms with van der Waals surface area (Å²) in [6, 6.07) is 15.8. The van der Waals surface area contributed by atoms with E-state index in [4.69, 9.17) is 23.2 Å². The highest BCUT2D eigenvalue weighted by Crippen LogP contribution is 2.27. The Kier molecular flexibility index (Phi) is 6.84. The smallest absolute Gasteiger partial charge is 0.260 e. The molecule has 1 aromatic heterocycles. The van der Waals surface area contributed by atoms with Crippen LogP contribution in [0.4, 0.5) is 10.3 Å². The van der Waals surface area contributed by atoms with Gasteiger partial charge in [-0.1, -0.05) is 70.9 Å². The molecule has 1 fully saturated rings. The number of nitrogens with zero attached hydrogens (tertiary/aromatic N) is 3. The summed E-state index contributed by atoms with van der Waals surface area (Å²) in [5.41, 5.74) is 1.57. The van der Waals surface area contributed by atoms with Crippen molar-refractivity contribution in [2.45, 2.75) is 25.4 Å². The summed E-state index contributed by atoms with van der Waals surface area (Å²) in [7, 11) is 0. The molecule has 1 amide bonds. The quantitative estimate of drug-likeness (QED) is 0.529. The fourth-order valence-corrected chi connectivity index (χ4v) is 4.74. The number of aromatic nitrogens is 2. The van der Waals surface area contributed by atoms with E-state index in [2.05, 4.69) is 50.0 Å². The highest BCUT2D eigenvalue weighted by atomic mass is 35.5. The van der Waals surface area contributed by atoms with Crippen LogP contribution in [0.2, 0.25) is 10.0 Å². The van der Waals surface area contributed by atoms with Crippen molar-refractivity contribution in [3.63, 3.8) is 0 Å². The van der Waals surface area contributed by atoms with Gasteiger partial charge in [0.1, 0.15) is 0 Å². The van der Waals surface area contributed by atoms with Crippen LogP contribution in [0.1, 0.15) is 28.8 Å². The SMILES string of the molecule is O=C(Nc1nnc(NC2CCN(Cc3ccccc3)CC2)s1)c1c(Cl)cccc1Cl. The maximum Gasteiger partial charge on any atom is 0.260 e. The molecular formula is C21H21Cl2N5OS. The molecule has 0 atom stereocenters. The van der Waals surface area contributed by atoms with Crippen LogP contribution in [0, 0.1) is 0 Å². The largest absolute Gasteiger partial charge is 0.357 e. The highest BCUT2D eigenvalue weighted by molar-refractivity contribution is 7.19. The van der Waals surface area contributed by atoms with Crippen LogP contribution in [0.5, 0.6) is 0 Å². The van der Waals surface area contributed by atoms with E-state index < -0.39 is 5.91 Å². The van der Waals surface area contributed by atoms with Crippen LogP contribution in [-0.2, 0) is 6.54 Å². The van der Waals surface area contributed by atoms with E-state index in [9.17, 15) is 4.79 Å². The van der Waals surface area contributed by atoms with Gasteiger partial charge in [-0.3, -0.25) is 15.0 Å². The van der Waals surface area contributed by atoms with E-state index in [0.717, 1.165) is 32.5 Å². The Bertz CT molecular complexity index is 985. The molecule has 3 aromatic rings. The lowest BCUT2D eigenvalue weighted by atomic mass is 10.0. The van der Waals surface area contributed by atoms with Crippen LogP contribution in [0.25, 0.3) is 0 Å². The molecule has 0 spiro atoms. The van der Waals surface area contributed by atoms with Gasteiger partial charge in [0.25, 0.3) is 5.91 Å². The molecule has 1 aliphatic heterocycles. The maximum atomic E-state index is 12.5. The minimum Gasteiger partial charge on any atom is -0.357 e. The van der Waals surface area contributed by atoms with Crippen LogP contribution < -0.4 is 10.6 Å². The molecule has 0 aliphatic carbocycles. The number of hydrogen-bond acceptors (Lipinski definition) is 6. The number of anilines is 2. The number of halogens is 2. The molecule has 2 N–H and O–H groups in total. The standard InChI is InChI=1S/C21H21Cl2N5OS/c22-16-7-4-8-17(23)18(16)19(29)25-21-27-26-20(30-21)24-15-9-11-28(12-10-15)13-14-5-2-1-3-6-14/h1-8,15H,9-13H2,(H,24,26)(H,25,27,29). The molecule has 0 bridgehead atoms. The van der Waals surface area contributed by atoms with E-state index in [1.54, 1.807) is 18.2 Å². The lowest BCUT2D eigenvalue weighted by molar-refractivity contribution is 0.102. The molecule has 2 heterocycles. The normalized spacial score (nSPS) is 15.1. The van der Waals surface area contributed by atoms with Crippen molar-refractivity contribution in [3.05, 3.63) is 69.7 Å². The zero-order valence-corrected chi connectivity index (χ0v) is 18.5. The predicted molar refractivity (Wildman–Crippen MR) is 123 cm³/mol. The molecule has 1 aliphatic rings. The average molecular weight is 462 g/mol. The number of benzene rings is 2. The Morgan fingerprint density at radius 2 is 1.67 bits per heavy atom. The molecule has 0 saturated carbocycles. The van der Waals surface area contributed by atoms with Crippen molar-refractivity contribution < 1.29 is 4.79 Å². The summed E-state index contributed by atoms with van der Waals surface area (Å²) in [6.07, 6.45) is 2.06. The van der Waals surface area contributed by atoms with Gasteiger partial charge < -0.3 is 5.32 Å². The molecule has 30 heavy (non-hydrogen) atoms. The Morgan fingerprint density at radius 1 is 1.00 bits per heavy atom. The van der Waals surface area contributed by atoms with Crippen LogP contribution >= 0.6 is 34.5 Å². The first-order valence-corrected chi connectivity index (χ1v) is 11.3. The Labute approximate surface area is 189 Å². The van der Waals surface area contributed by atoms with Gasteiger partial charge in [-0.2, -0.15) is 0 Å². The molecule has 156 valence electrons. The second-order valence-electron chi connectivity index (χ2n) is 7.14. The zero-order valence-electron chi connectivity index (χ0n) is 16.1. The topological polar surface area (TPSA) is 70.1 Å². The first-order chi connectivity index (χ1) is 14.6. The van der Waals surface area contributed by atoms with Gasteiger partial charge in [0.05, 0.1) is 15.6 Å². The molecule has 2 aromatic carbocycles. The highest BCUT2D eigenvalue weighted by Gasteiger charge is 2.21. The Balaban J connectivity index is 1.28. The van der Waals surface area contributed by atoms with Gasteiger partial charge in [-0.25, -0.2) is 0 Å². The number of amides is 1. The zero-order chi connectivity index (χ0) is 20.9. The van der Waals surface area contributed by atoms with E-state index in [0.29, 0.717) is 26.4 Å². The van der Waals surface area contributed by atoms with Crippen molar-refractivity contribution in [3.8, 4) is 0 Å². The second-order valence-corrected chi connectivity index (χ2v) is 8.94. The lowest BCUT2D eigenvalue weighted by Crippen LogP contribution is -2.38. The van der Waals surface area contributed by atoms with Crippen molar-refractivity contribution in [1.82, 2.24) is 15.1 Å². The number of nitrogens with one attached hydrogen (secondary N) is 2. The van der Waals surface area contributed by atoms with E-state index >= 15 is 0 Å². The first kappa shape index (κ1) is 21.1. The van der Waals surface area contributed by atoms with Crippen LogP contribution in [0.15, 0.2) is 48.5 Å². The number of rotatable bonds is 6. The third-order valence-electron chi connectivity index (χ3n) is 5.00. The van der Waals surface area contributed by atoms with Crippen molar-refractivity contribution >= 4 is 50.7 Å². The minimum atomic E-state index is -0.400. The maximum absolute atomic E-state index is 12.5. The van der Waals surface area contributed by atoms with E-state index in [-0.39, 0.29) is 5.56 Å². The van der Waals surface area contributed by atoms with Gasteiger partial charge in [-0.05, 0) is 30.5 Å². The summed E-state index contributed by atoms with van der Waals surface area (Å²) >= 11 is 13.5. The molecular weight excluding hydrogens is 441 g/mol.